The fourth-order valence-electron chi connectivity index (χ4n) is 3.99. The second-order valence-corrected chi connectivity index (χ2v) is 7.48. The van der Waals surface area contributed by atoms with Gasteiger partial charge in [0.25, 0.3) is 5.56 Å². The highest BCUT2D eigenvalue weighted by atomic mass is 16.5. The number of aromatic amines is 1. The topological polar surface area (TPSA) is 94.1 Å². The highest BCUT2D eigenvalue weighted by Gasteiger charge is 2.23. The van der Waals surface area contributed by atoms with Gasteiger partial charge < -0.3 is 9.72 Å². The lowest BCUT2D eigenvalue weighted by atomic mass is 10.1. The predicted molar refractivity (Wildman–Crippen MR) is 112 cm³/mol. The molecule has 0 saturated heterocycles. The fraction of sp³-hybridized carbons (Fsp3) is 0.217. The number of carbonyl (C=O) groups excluding carboxylic acids is 2. The minimum Gasteiger partial charge on any atom is -0.451 e. The number of hydrogen-bond donors (Lipinski definition) is 1. The van der Waals surface area contributed by atoms with Crippen molar-refractivity contribution in [3.05, 3.63) is 76.0 Å². The fourth-order valence-corrected chi connectivity index (χ4v) is 3.99. The predicted octanol–water partition coefficient (Wildman–Crippen LogP) is 3.25. The third kappa shape index (κ3) is 2.90. The van der Waals surface area contributed by atoms with E-state index in [0.717, 1.165) is 29.6 Å². The molecule has 0 amide bonds. The number of H-pyrrole nitrogens is 1. The van der Waals surface area contributed by atoms with Crippen molar-refractivity contribution in [1.29, 1.82) is 0 Å². The van der Waals surface area contributed by atoms with Gasteiger partial charge in [0.1, 0.15) is 5.82 Å². The first kappa shape index (κ1) is 18.3. The van der Waals surface area contributed by atoms with E-state index in [0.29, 0.717) is 23.0 Å². The number of aromatic nitrogens is 3. The van der Waals surface area contributed by atoms with Crippen LogP contribution in [0, 0.1) is 0 Å². The second-order valence-electron chi connectivity index (χ2n) is 7.48. The van der Waals surface area contributed by atoms with Crippen molar-refractivity contribution in [2.45, 2.75) is 32.4 Å². The lowest BCUT2D eigenvalue weighted by Gasteiger charge is -2.12. The molecule has 5 rings (SSSR count). The molecule has 0 unspecified atom stereocenters. The molecule has 2 aromatic heterocycles. The summed E-state index contributed by atoms with van der Waals surface area (Å²) in [5.41, 5.74) is 1.97. The number of aryl methyl sites for hydroxylation is 1. The van der Waals surface area contributed by atoms with Crippen LogP contribution in [0.3, 0.4) is 0 Å². The third-order valence-corrected chi connectivity index (χ3v) is 5.56. The summed E-state index contributed by atoms with van der Waals surface area (Å²) in [4.78, 5) is 45.6. The Morgan fingerprint density at radius 3 is 2.87 bits per heavy atom. The molecule has 0 saturated carbocycles. The first-order chi connectivity index (χ1) is 14.5. The summed E-state index contributed by atoms with van der Waals surface area (Å²) in [7, 11) is 0. The number of benzene rings is 2. The van der Waals surface area contributed by atoms with Gasteiger partial charge in [0, 0.05) is 35.6 Å². The minimum atomic E-state index is -0.953. The number of para-hydroxylation sites is 1. The summed E-state index contributed by atoms with van der Waals surface area (Å²) in [5.74, 6) is -0.170. The number of ketones is 1. The number of rotatable bonds is 4. The molecular weight excluding hydrogens is 382 g/mol. The maximum absolute atomic E-state index is 12.8. The Balaban J connectivity index is 1.40. The number of ether oxygens (including phenoxy) is 1. The van der Waals surface area contributed by atoms with Crippen LogP contribution in [0.2, 0.25) is 0 Å². The molecule has 0 aliphatic carbocycles. The zero-order chi connectivity index (χ0) is 20.8. The second kappa shape index (κ2) is 6.95. The molecule has 2 aromatic carbocycles. The van der Waals surface area contributed by atoms with Gasteiger partial charge in [0.2, 0.25) is 5.78 Å². The molecule has 1 aliphatic rings. The van der Waals surface area contributed by atoms with Crippen molar-refractivity contribution in [2.75, 3.05) is 0 Å². The molecule has 0 bridgehead atoms. The molecule has 0 spiro atoms. The molecule has 7 nitrogen and oxygen atoms in total. The molecule has 1 N–H and O–H groups in total. The Bertz CT molecular complexity index is 1380. The number of esters is 1. The maximum atomic E-state index is 12.8. The van der Waals surface area contributed by atoms with Crippen molar-refractivity contribution in [3.8, 4) is 0 Å². The van der Waals surface area contributed by atoms with E-state index in [2.05, 4.69) is 9.97 Å². The van der Waals surface area contributed by atoms with Crippen LogP contribution >= 0.6 is 0 Å². The maximum Gasteiger partial charge on any atom is 0.338 e. The Kier molecular flexibility index (Phi) is 4.24. The van der Waals surface area contributed by atoms with Crippen molar-refractivity contribution in [2.24, 2.45) is 0 Å². The van der Waals surface area contributed by atoms with Gasteiger partial charge in [-0.25, -0.2) is 9.78 Å². The first-order valence-electron chi connectivity index (χ1n) is 9.88. The molecule has 30 heavy (non-hydrogen) atoms. The van der Waals surface area contributed by atoms with Gasteiger partial charge in [-0.05, 0) is 37.6 Å². The van der Waals surface area contributed by atoms with Crippen LogP contribution in [0.15, 0.2) is 53.5 Å². The van der Waals surface area contributed by atoms with Gasteiger partial charge >= 0.3 is 5.97 Å². The van der Waals surface area contributed by atoms with Crippen LogP contribution in [-0.4, -0.2) is 32.4 Å². The average molecular weight is 401 g/mol. The van der Waals surface area contributed by atoms with Gasteiger partial charge in [0.15, 0.2) is 6.10 Å². The largest absolute Gasteiger partial charge is 0.451 e. The van der Waals surface area contributed by atoms with Crippen molar-refractivity contribution in [1.82, 2.24) is 14.5 Å². The first-order valence-corrected chi connectivity index (χ1v) is 9.88. The molecule has 1 aliphatic heterocycles. The summed E-state index contributed by atoms with van der Waals surface area (Å²) in [5, 5.41) is 1.26. The molecule has 0 radical (unpaired) electrons. The number of fused-ring (bicyclic) bond motifs is 3. The van der Waals surface area contributed by atoms with Crippen LogP contribution in [0.5, 0.6) is 0 Å². The Labute approximate surface area is 171 Å². The molecular formula is C23H19N3O4. The number of nitrogens with zero attached hydrogens (tertiary/aromatic N) is 2. The van der Waals surface area contributed by atoms with E-state index in [1.165, 1.54) is 0 Å². The number of carbonyl (C=O) groups is 2. The van der Waals surface area contributed by atoms with Gasteiger partial charge in [-0.3, -0.25) is 14.2 Å². The lowest BCUT2D eigenvalue weighted by molar-refractivity contribution is 0.0319. The SMILES string of the molecule is C[C@H](OC(=O)c1ccc2c(=O)n3c(nc2c1)CCC3)C(=O)c1c[nH]c2ccccc12. The molecule has 4 aromatic rings. The van der Waals surface area contributed by atoms with E-state index in [-0.39, 0.29) is 16.9 Å². The Morgan fingerprint density at radius 1 is 1.17 bits per heavy atom. The molecule has 1 atom stereocenters. The Morgan fingerprint density at radius 2 is 2.00 bits per heavy atom. The summed E-state index contributed by atoms with van der Waals surface area (Å²) in [6, 6.07) is 12.2. The van der Waals surface area contributed by atoms with E-state index in [1.807, 2.05) is 24.3 Å². The van der Waals surface area contributed by atoms with Crippen LogP contribution < -0.4 is 5.56 Å². The van der Waals surface area contributed by atoms with Crippen molar-refractivity contribution in [3.63, 3.8) is 0 Å². The van der Waals surface area contributed by atoms with Gasteiger partial charge in [-0.1, -0.05) is 18.2 Å². The zero-order valence-corrected chi connectivity index (χ0v) is 16.3. The average Bonchev–Trinajstić information content (AvgIpc) is 3.40. The smallest absolute Gasteiger partial charge is 0.338 e. The monoisotopic (exact) mass is 401 g/mol. The molecule has 7 heteroatoms. The van der Waals surface area contributed by atoms with Crippen molar-refractivity contribution >= 4 is 33.6 Å². The molecule has 150 valence electrons. The van der Waals surface area contributed by atoms with E-state index >= 15 is 0 Å². The van der Waals surface area contributed by atoms with Gasteiger partial charge in [0.05, 0.1) is 16.5 Å². The minimum absolute atomic E-state index is 0.0877. The highest BCUT2D eigenvalue weighted by Crippen LogP contribution is 2.21. The summed E-state index contributed by atoms with van der Waals surface area (Å²) >= 11 is 0. The van der Waals surface area contributed by atoms with Crippen LogP contribution in [0.4, 0.5) is 0 Å². The van der Waals surface area contributed by atoms with Crippen LogP contribution in [0.1, 0.15) is 39.9 Å². The van der Waals surface area contributed by atoms with Crippen LogP contribution in [0.25, 0.3) is 21.8 Å². The zero-order valence-electron chi connectivity index (χ0n) is 16.3. The number of nitrogens with one attached hydrogen (secondary N) is 1. The molecule has 3 heterocycles. The summed E-state index contributed by atoms with van der Waals surface area (Å²) < 4.78 is 7.11. The normalized spacial score (nSPS) is 14.0. The van der Waals surface area contributed by atoms with Gasteiger partial charge in [-0.2, -0.15) is 0 Å². The number of hydrogen-bond acceptors (Lipinski definition) is 5. The Hall–Kier alpha value is -3.74. The van der Waals surface area contributed by atoms with E-state index in [4.69, 9.17) is 4.74 Å². The van der Waals surface area contributed by atoms with E-state index in [9.17, 15) is 14.4 Å². The summed E-state index contributed by atoms with van der Waals surface area (Å²) in [6.45, 7) is 2.23. The van der Waals surface area contributed by atoms with E-state index < -0.39 is 12.1 Å². The van der Waals surface area contributed by atoms with Gasteiger partial charge in [-0.15, -0.1) is 0 Å². The summed E-state index contributed by atoms with van der Waals surface area (Å²) in [6.07, 6.45) is 2.31. The third-order valence-electron chi connectivity index (χ3n) is 5.56. The van der Waals surface area contributed by atoms with Crippen LogP contribution in [-0.2, 0) is 17.7 Å². The van der Waals surface area contributed by atoms with Crippen molar-refractivity contribution < 1.29 is 14.3 Å². The standard InChI is InChI=1S/C23H19N3O4/c1-13(21(27)17-12-24-18-6-3-2-5-15(17)18)30-23(29)14-8-9-16-19(11-14)25-20-7-4-10-26(20)22(16)28/h2-3,5-6,8-9,11-13,24H,4,7,10H2,1H3/t13-/m0/s1. The van der Waals surface area contributed by atoms with E-state index in [1.54, 1.807) is 35.9 Å². The highest BCUT2D eigenvalue weighted by molar-refractivity contribution is 6.10. The lowest BCUT2D eigenvalue weighted by Crippen LogP contribution is -2.24. The quantitative estimate of drug-likeness (QED) is 0.418. The molecule has 0 fully saturated rings. The number of Topliss-reactive ketones (excluding diaryl/α,β-unsaturated/α-hetero) is 1.